The zero-order chi connectivity index (χ0) is 11.1. The molecule has 2 heteroatoms. The molecule has 1 heterocycles. The number of hydrogen-bond donors (Lipinski definition) is 0. The topological polar surface area (TPSA) is 20.3 Å². The summed E-state index contributed by atoms with van der Waals surface area (Å²) in [4.78, 5) is 13.3. The second-order valence-corrected chi connectivity index (χ2v) is 4.90. The molecule has 1 fully saturated rings. The molecule has 0 aromatic heterocycles. The van der Waals surface area contributed by atoms with Crippen molar-refractivity contribution >= 4 is 5.78 Å². The normalized spacial score (nSPS) is 22.1. The summed E-state index contributed by atoms with van der Waals surface area (Å²) in [6.07, 6.45) is 7.14. The van der Waals surface area contributed by atoms with Crippen LogP contribution in [-0.4, -0.2) is 30.3 Å². The fourth-order valence-corrected chi connectivity index (χ4v) is 2.47. The Kier molecular flexibility index (Phi) is 5.92. The number of nitrogens with zero attached hydrogens (tertiary/aromatic N) is 1. The fourth-order valence-electron chi connectivity index (χ4n) is 2.47. The van der Waals surface area contributed by atoms with Crippen molar-refractivity contribution in [1.29, 1.82) is 0 Å². The van der Waals surface area contributed by atoms with Gasteiger partial charge in [-0.05, 0) is 51.6 Å². The Morgan fingerprint density at radius 1 is 1.40 bits per heavy atom. The van der Waals surface area contributed by atoms with Crippen molar-refractivity contribution < 1.29 is 4.79 Å². The van der Waals surface area contributed by atoms with Crippen molar-refractivity contribution in [2.75, 3.05) is 19.6 Å². The maximum absolute atomic E-state index is 10.8. The van der Waals surface area contributed by atoms with Crippen molar-refractivity contribution in [2.45, 2.75) is 52.4 Å². The van der Waals surface area contributed by atoms with Crippen LogP contribution >= 0.6 is 0 Å². The predicted molar refractivity (Wildman–Crippen MR) is 64.0 cm³/mol. The second-order valence-electron chi connectivity index (χ2n) is 4.90. The van der Waals surface area contributed by atoms with Gasteiger partial charge in [0, 0.05) is 13.0 Å². The third kappa shape index (κ3) is 5.31. The minimum absolute atomic E-state index is 0.334. The molecule has 0 aliphatic carbocycles. The molecule has 0 aromatic carbocycles. The highest BCUT2D eigenvalue weighted by molar-refractivity contribution is 5.75. The number of rotatable bonds is 7. The van der Waals surface area contributed by atoms with E-state index in [1.54, 1.807) is 6.92 Å². The van der Waals surface area contributed by atoms with Crippen LogP contribution in [-0.2, 0) is 4.79 Å². The van der Waals surface area contributed by atoms with Gasteiger partial charge in [-0.1, -0.05) is 13.3 Å². The Labute approximate surface area is 94.0 Å². The van der Waals surface area contributed by atoms with Crippen LogP contribution in [0.2, 0.25) is 0 Å². The maximum Gasteiger partial charge on any atom is 0.129 e. The first kappa shape index (κ1) is 12.7. The summed E-state index contributed by atoms with van der Waals surface area (Å²) in [6, 6.07) is 0. The highest BCUT2D eigenvalue weighted by Crippen LogP contribution is 2.20. The van der Waals surface area contributed by atoms with Gasteiger partial charge in [0.15, 0.2) is 0 Å². The number of carbonyl (C=O) groups is 1. The monoisotopic (exact) mass is 211 g/mol. The summed E-state index contributed by atoms with van der Waals surface area (Å²) in [6.45, 7) is 7.74. The van der Waals surface area contributed by atoms with Gasteiger partial charge in [-0.3, -0.25) is 0 Å². The van der Waals surface area contributed by atoms with Crippen LogP contribution in [0, 0.1) is 5.92 Å². The highest BCUT2D eigenvalue weighted by Gasteiger charge is 2.20. The zero-order valence-corrected chi connectivity index (χ0v) is 10.3. The van der Waals surface area contributed by atoms with E-state index in [0.29, 0.717) is 5.78 Å². The Morgan fingerprint density at radius 2 is 2.20 bits per heavy atom. The van der Waals surface area contributed by atoms with Gasteiger partial charge in [-0.2, -0.15) is 0 Å². The Bertz CT molecular complexity index is 191. The van der Waals surface area contributed by atoms with Crippen LogP contribution in [0.15, 0.2) is 0 Å². The summed E-state index contributed by atoms with van der Waals surface area (Å²) >= 11 is 0. The standard InChI is InChI=1S/C13H25NO/c1-3-6-13-8-10-14(11-13)9-5-4-7-12(2)15/h13H,3-11H2,1-2H3. The van der Waals surface area contributed by atoms with E-state index in [2.05, 4.69) is 11.8 Å². The maximum atomic E-state index is 10.8. The van der Waals surface area contributed by atoms with Crippen LogP contribution in [0.25, 0.3) is 0 Å². The van der Waals surface area contributed by atoms with Crippen molar-refractivity contribution in [1.82, 2.24) is 4.90 Å². The van der Waals surface area contributed by atoms with E-state index in [9.17, 15) is 4.79 Å². The first-order chi connectivity index (χ1) is 7.22. The number of likely N-dealkylation sites (tertiary alicyclic amines) is 1. The smallest absolute Gasteiger partial charge is 0.129 e. The molecule has 1 aliphatic heterocycles. The molecule has 0 radical (unpaired) electrons. The van der Waals surface area contributed by atoms with Crippen LogP contribution in [0.4, 0.5) is 0 Å². The van der Waals surface area contributed by atoms with Crippen LogP contribution in [0.1, 0.15) is 52.4 Å². The molecule has 2 nitrogen and oxygen atoms in total. The molecule has 0 saturated carbocycles. The molecular weight excluding hydrogens is 186 g/mol. The minimum atomic E-state index is 0.334. The summed E-state index contributed by atoms with van der Waals surface area (Å²) in [5, 5.41) is 0. The van der Waals surface area contributed by atoms with E-state index in [1.165, 1.54) is 45.3 Å². The Morgan fingerprint density at radius 3 is 2.87 bits per heavy atom. The van der Waals surface area contributed by atoms with E-state index in [1.807, 2.05) is 0 Å². The fraction of sp³-hybridized carbons (Fsp3) is 0.923. The van der Waals surface area contributed by atoms with E-state index in [4.69, 9.17) is 0 Å². The predicted octanol–water partition coefficient (Wildman–Crippen LogP) is 2.87. The first-order valence-electron chi connectivity index (χ1n) is 6.44. The van der Waals surface area contributed by atoms with Gasteiger partial charge in [0.05, 0.1) is 0 Å². The van der Waals surface area contributed by atoms with E-state index in [0.717, 1.165) is 18.8 Å². The molecular formula is C13H25NO. The SMILES string of the molecule is CCCC1CCN(CCCCC(C)=O)C1. The number of unbranched alkanes of at least 4 members (excludes halogenated alkanes) is 1. The van der Waals surface area contributed by atoms with Crippen molar-refractivity contribution in [3.63, 3.8) is 0 Å². The van der Waals surface area contributed by atoms with Gasteiger partial charge in [0.1, 0.15) is 5.78 Å². The summed E-state index contributed by atoms with van der Waals surface area (Å²) < 4.78 is 0. The van der Waals surface area contributed by atoms with Crippen molar-refractivity contribution in [3.8, 4) is 0 Å². The molecule has 0 spiro atoms. The molecule has 1 rings (SSSR count). The second kappa shape index (κ2) is 7.00. The lowest BCUT2D eigenvalue weighted by atomic mass is 10.0. The lowest BCUT2D eigenvalue weighted by Crippen LogP contribution is -2.22. The van der Waals surface area contributed by atoms with Crippen molar-refractivity contribution in [3.05, 3.63) is 0 Å². The quantitative estimate of drug-likeness (QED) is 0.603. The number of ketones is 1. The summed E-state index contributed by atoms with van der Waals surface area (Å²) in [5.41, 5.74) is 0. The third-order valence-electron chi connectivity index (χ3n) is 3.32. The molecule has 1 unspecified atom stereocenters. The molecule has 0 amide bonds. The first-order valence-corrected chi connectivity index (χ1v) is 6.44. The average Bonchev–Trinajstić information content (AvgIpc) is 2.61. The summed E-state index contributed by atoms with van der Waals surface area (Å²) in [5.74, 6) is 1.28. The highest BCUT2D eigenvalue weighted by atomic mass is 16.1. The molecule has 1 saturated heterocycles. The van der Waals surface area contributed by atoms with Gasteiger partial charge < -0.3 is 9.69 Å². The third-order valence-corrected chi connectivity index (χ3v) is 3.32. The number of carbonyl (C=O) groups excluding carboxylic acids is 1. The zero-order valence-electron chi connectivity index (χ0n) is 10.3. The van der Waals surface area contributed by atoms with Gasteiger partial charge >= 0.3 is 0 Å². The molecule has 0 bridgehead atoms. The van der Waals surface area contributed by atoms with E-state index < -0.39 is 0 Å². The summed E-state index contributed by atoms with van der Waals surface area (Å²) in [7, 11) is 0. The molecule has 1 atom stereocenters. The van der Waals surface area contributed by atoms with Gasteiger partial charge in [-0.25, -0.2) is 0 Å². The molecule has 15 heavy (non-hydrogen) atoms. The molecule has 0 N–H and O–H groups in total. The van der Waals surface area contributed by atoms with Crippen LogP contribution in [0.3, 0.4) is 0 Å². The van der Waals surface area contributed by atoms with Gasteiger partial charge in [0.2, 0.25) is 0 Å². The lowest BCUT2D eigenvalue weighted by Gasteiger charge is -2.15. The van der Waals surface area contributed by atoms with Gasteiger partial charge in [-0.15, -0.1) is 0 Å². The van der Waals surface area contributed by atoms with E-state index >= 15 is 0 Å². The minimum Gasteiger partial charge on any atom is -0.303 e. The Hall–Kier alpha value is -0.370. The van der Waals surface area contributed by atoms with E-state index in [-0.39, 0.29) is 0 Å². The Balaban J connectivity index is 2.01. The largest absolute Gasteiger partial charge is 0.303 e. The molecule has 88 valence electrons. The van der Waals surface area contributed by atoms with Gasteiger partial charge in [0.25, 0.3) is 0 Å². The molecule has 1 aliphatic rings. The van der Waals surface area contributed by atoms with Crippen molar-refractivity contribution in [2.24, 2.45) is 5.92 Å². The molecule has 0 aromatic rings. The van der Waals surface area contributed by atoms with Crippen LogP contribution in [0.5, 0.6) is 0 Å². The number of Topliss-reactive ketones (excluding diaryl/α,β-unsaturated/α-hetero) is 1. The average molecular weight is 211 g/mol. The van der Waals surface area contributed by atoms with Crippen LogP contribution < -0.4 is 0 Å². The number of hydrogen-bond acceptors (Lipinski definition) is 2. The lowest BCUT2D eigenvalue weighted by molar-refractivity contribution is -0.117.